The lowest BCUT2D eigenvalue weighted by molar-refractivity contribution is -0.127. The van der Waals surface area contributed by atoms with Gasteiger partial charge in [-0.2, -0.15) is 0 Å². The number of hydrogen-bond acceptors (Lipinski definition) is 3. The number of benzene rings is 1. The summed E-state index contributed by atoms with van der Waals surface area (Å²) in [6, 6.07) is 7.06. The van der Waals surface area contributed by atoms with Gasteiger partial charge in [0, 0.05) is 42.3 Å². The second-order valence-corrected chi connectivity index (χ2v) is 6.28. The zero-order chi connectivity index (χ0) is 18.5. The molecule has 134 valence electrons. The number of hydrogen-bond donors (Lipinski definition) is 4. The molecule has 0 aliphatic carbocycles. The average Bonchev–Trinajstić information content (AvgIpc) is 3.03. The number of nitrogens with two attached hydrogens (primary N) is 1. The molecule has 1 aromatic carbocycles. The van der Waals surface area contributed by atoms with Crippen molar-refractivity contribution in [2.75, 3.05) is 0 Å². The molecular formula is C20H22N4O2. The number of nitrogens with one attached hydrogen (secondary N) is 3. The molecule has 6 heteroatoms. The van der Waals surface area contributed by atoms with Crippen molar-refractivity contribution < 1.29 is 9.59 Å². The molecule has 6 nitrogen and oxygen atoms in total. The summed E-state index contributed by atoms with van der Waals surface area (Å²) in [4.78, 5) is 27.2. The normalized spacial score (nSPS) is 14.6. The molecule has 2 heterocycles. The summed E-state index contributed by atoms with van der Waals surface area (Å²) in [5.41, 5.74) is 9.28. The van der Waals surface area contributed by atoms with Crippen LogP contribution in [0.4, 0.5) is 0 Å². The molecule has 1 aliphatic heterocycles. The first-order chi connectivity index (χ1) is 12.5. The highest BCUT2D eigenvalue weighted by atomic mass is 16.2. The molecule has 0 saturated heterocycles. The van der Waals surface area contributed by atoms with Gasteiger partial charge >= 0.3 is 0 Å². The van der Waals surface area contributed by atoms with Gasteiger partial charge in [0.1, 0.15) is 6.04 Å². The van der Waals surface area contributed by atoms with E-state index in [9.17, 15) is 9.59 Å². The lowest BCUT2D eigenvalue weighted by Crippen LogP contribution is -2.45. The number of allylic oxidation sites excluding steroid dienone is 3. The number of primary amides is 1. The van der Waals surface area contributed by atoms with E-state index in [1.807, 2.05) is 42.7 Å². The van der Waals surface area contributed by atoms with Gasteiger partial charge in [-0.3, -0.25) is 9.59 Å². The lowest BCUT2D eigenvalue weighted by atomic mass is 10.0. The zero-order valence-electron chi connectivity index (χ0n) is 14.4. The third kappa shape index (κ3) is 4.03. The summed E-state index contributed by atoms with van der Waals surface area (Å²) in [5, 5.41) is 6.76. The number of amides is 2. The van der Waals surface area contributed by atoms with Crippen molar-refractivity contribution >= 4 is 22.7 Å². The van der Waals surface area contributed by atoms with E-state index in [2.05, 4.69) is 22.2 Å². The third-order valence-corrected chi connectivity index (χ3v) is 4.45. The minimum atomic E-state index is -0.747. The molecule has 0 unspecified atom stereocenters. The van der Waals surface area contributed by atoms with E-state index in [4.69, 9.17) is 5.73 Å². The first kappa shape index (κ1) is 17.5. The minimum Gasteiger partial charge on any atom is -0.368 e. The molecule has 5 N–H and O–H groups in total. The molecule has 2 amide bonds. The molecule has 0 saturated carbocycles. The number of carbonyl (C=O) groups excluding carboxylic acids is 2. The molecule has 1 atom stereocenters. The fourth-order valence-electron chi connectivity index (χ4n) is 2.99. The van der Waals surface area contributed by atoms with E-state index in [0.29, 0.717) is 12.8 Å². The van der Waals surface area contributed by atoms with Crippen LogP contribution in [0.5, 0.6) is 0 Å². The van der Waals surface area contributed by atoms with Crippen LogP contribution in [0.1, 0.15) is 18.4 Å². The number of para-hydroxylation sites is 1. The maximum absolute atomic E-state index is 12.3. The fraction of sp³-hybridized carbons (Fsp3) is 0.200. The molecule has 0 radical (unpaired) electrons. The largest absolute Gasteiger partial charge is 0.368 e. The number of aromatic nitrogens is 1. The highest BCUT2D eigenvalue weighted by Gasteiger charge is 2.20. The highest BCUT2D eigenvalue weighted by Crippen LogP contribution is 2.20. The highest BCUT2D eigenvalue weighted by molar-refractivity contribution is 5.88. The van der Waals surface area contributed by atoms with Gasteiger partial charge in [0.05, 0.1) is 0 Å². The van der Waals surface area contributed by atoms with Crippen molar-refractivity contribution in [3.8, 4) is 0 Å². The van der Waals surface area contributed by atoms with Crippen LogP contribution in [0.15, 0.2) is 66.7 Å². The van der Waals surface area contributed by atoms with Crippen molar-refractivity contribution in [1.29, 1.82) is 0 Å². The van der Waals surface area contributed by atoms with E-state index in [1.54, 1.807) is 6.20 Å². The summed E-state index contributed by atoms with van der Waals surface area (Å²) in [6.45, 7) is 3.94. The van der Waals surface area contributed by atoms with Crippen LogP contribution in [0.2, 0.25) is 0 Å². The van der Waals surface area contributed by atoms with Gasteiger partial charge in [0.15, 0.2) is 0 Å². The van der Waals surface area contributed by atoms with E-state index in [1.165, 1.54) is 0 Å². The van der Waals surface area contributed by atoms with Crippen LogP contribution in [-0.4, -0.2) is 22.8 Å². The predicted molar refractivity (Wildman–Crippen MR) is 102 cm³/mol. The van der Waals surface area contributed by atoms with Gasteiger partial charge in [-0.25, -0.2) is 0 Å². The van der Waals surface area contributed by atoms with Crippen LogP contribution >= 0.6 is 0 Å². The molecule has 2 aromatic rings. The molecule has 3 rings (SSSR count). The Morgan fingerprint density at radius 1 is 1.27 bits per heavy atom. The number of dihydropyridines is 1. The molecule has 1 aliphatic rings. The Balaban J connectivity index is 1.61. The van der Waals surface area contributed by atoms with E-state index >= 15 is 0 Å². The molecule has 0 fully saturated rings. The second-order valence-electron chi connectivity index (χ2n) is 6.28. The molecule has 1 aromatic heterocycles. The Morgan fingerprint density at radius 2 is 2.08 bits per heavy atom. The monoisotopic (exact) mass is 350 g/mol. The molecule has 0 spiro atoms. The van der Waals surface area contributed by atoms with Gasteiger partial charge in [0.2, 0.25) is 11.8 Å². The van der Waals surface area contributed by atoms with Crippen LogP contribution in [-0.2, 0) is 16.0 Å². The zero-order valence-corrected chi connectivity index (χ0v) is 14.4. The van der Waals surface area contributed by atoms with Gasteiger partial charge in [-0.1, -0.05) is 24.8 Å². The summed E-state index contributed by atoms with van der Waals surface area (Å²) >= 11 is 0. The quantitative estimate of drug-likeness (QED) is 0.614. The summed E-state index contributed by atoms with van der Waals surface area (Å²) in [6.07, 6.45) is 8.48. The predicted octanol–water partition coefficient (Wildman–Crippen LogP) is 2.02. The van der Waals surface area contributed by atoms with Crippen molar-refractivity contribution in [3.63, 3.8) is 0 Å². The van der Waals surface area contributed by atoms with Crippen molar-refractivity contribution in [2.24, 2.45) is 5.73 Å². The van der Waals surface area contributed by atoms with E-state index in [0.717, 1.165) is 27.6 Å². The lowest BCUT2D eigenvalue weighted by Gasteiger charge is -2.16. The van der Waals surface area contributed by atoms with Crippen LogP contribution < -0.4 is 16.4 Å². The molecule has 26 heavy (non-hydrogen) atoms. The Kier molecular flexibility index (Phi) is 5.22. The van der Waals surface area contributed by atoms with Crippen LogP contribution in [0.3, 0.4) is 0 Å². The number of fused-ring (bicyclic) bond motifs is 1. The van der Waals surface area contributed by atoms with Gasteiger partial charge in [0.25, 0.3) is 0 Å². The fourth-order valence-corrected chi connectivity index (χ4v) is 2.99. The van der Waals surface area contributed by atoms with E-state index in [-0.39, 0.29) is 12.3 Å². The van der Waals surface area contributed by atoms with Gasteiger partial charge < -0.3 is 21.4 Å². The van der Waals surface area contributed by atoms with Crippen molar-refractivity contribution in [3.05, 3.63) is 72.2 Å². The molecular weight excluding hydrogens is 328 g/mol. The van der Waals surface area contributed by atoms with E-state index < -0.39 is 11.9 Å². The molecule has 0 bridgehead atoms. The Labute approximate surface area is 151 Å². The maximum atomic E-state index is 12.3. The minimum absolute atomic E-state index is 0.211. The first-order valence-electron chi connectivity index (χ1n) is 8.49. The smallest absolute Gasteiger partial charge is 0.240 e. The Hall–Kier alpha value is -3.28. The maximum Gasteiger partial charge on any atom is 0.240 e. The van der Waals surface area contributed by atoms with Crippen molar-refractivity contribution in [2.45, 2.75) is 25.3 Å². The van der Waals surface area contributed by atoms with Gasteiger partial charge in [-0.15, -0.1) is 0 Å². The standard InChI is InChI=1S/C20H22N4O2/c1-13-8-9-22-11-14(13)6-7-19(25)24-18(20(21)26)10-15-12-23-17-5-3-2-4-16(15)17/h2-5,8-9,11-12,18,22-23H,1,6-7,10H2,(H2,21,26)(H,24,25)/t18-/m0/s1. The third-order valence-electron chi connectivity index (χ3n) is 4.45. The number of carbonyl (C=O) groups is 2. The number of H-pyrrole nitrogens is 1. The van der Waals surface area contributed by atoms with Crippen LogP contribution in [0.25, 0.3) is 10.9 Å². The SMILES string of the molecule is C=C1C=CNC=C1CCC(=O)N[C@@H](Cc1c[nH]c2ccccc12)C(N)=O. The number of aromatic amines is 1. The number of rotatable bonds is 7. The summed E-state index contributed by atoms with van der Waals surface area (Å²) in [7, 11) is 0. The summed E-state index contributed by atoms with van der Waals surface area (Å²) in [5.74, 6) is -0.758. The Morgan fingerprint density at radius 3 is 2.85 bits per heavy atom. The van der Waals surface area contributed by atoms with Gasteiger partial charge in [-0.05, 0) is 35.3 Å². The van der Waals surface area contributed by atoms with Crippen LogP contribution in [0, 0.1) is 0 Å². The average molecular weight is 350 g/mol. The summed E-state index contributed by atoms with van der Waals surface area (Å²) < 4.78 is 0. The Bertz CT molecular complexity index is 907. The topological polar surface area (TPSA) is 100 Å². The first-order valence-corrected chi connectivity index (χ1v) is 8.49. The van der Waals surface area contributed by atoms with Crippen molar-refractivity contribution in [1.82, 2.24) is 15.6 Å². The second kappa shape index (κ2) is 7.74.